The molecule has 0 saturated heterocycles. The largest absolute Gasteiger partial charge is 0.354 e. The fourth-order valence-corrected chi connectivity index (χ4v) is 3.53. The highest BCUT2D eigenvalue weighted by Crippen LogP contribution is 2.19. The van der Waals surface area contributed by atoms with Gasteiger partial charge in [0.15, 0.2) is 0 Å². The van der Waals surface area contributed by atoms with Crippen molar-refractivity contribution in [2.45, 2.75) is 57.7 Å². The summed E-state index contributed by atoms with van der Waals surface area (Å²) in [5.74, 6) is 0.0481. The van der Waals surface area contributed by atoms with Crippen molar-refractivity contribution < 1.29 is 9.59 Å². The number of nitrogens with zero attached hydrogens (tertiary/aromatic N) is 2. The molecule has 0 aliphatic heterocycles. The van der Waals surface area contributed by atoms with Gasteiger partial charge < -0.3 is 15.2 Å². The predicted octanol–water partition coefficient (Wildman–Crippen LogP) is 2.04. The van der Waals surface area contributed by atoms with E-state index in [1.54, 1.807) is 19.4 Å². The van der Waals surface area contributed by atoms with Crippen molar-refractivity contribution in [3.05, 3.63) is 54.1 Å². The van der Waals surface area contributed by atoms with Crippen molar-refractivity contribution in [1.29, 1.82) is 0 Å². The summed E-state index contributed by atoms with van der Waals surface area (Å²) in [5, 5.41) is 6.09. The highest BCUT2D eigenvalue weighted by atomic mass is 16.2. The van der Waals surface area contributed by atoms with Crippen LogP contribution in [-0.2, 0) is 22.6 Å². The molecule has 1 fully saturated rings. The van der Waals surface area contributed by atoms with Gasteiger partial charge in [-0.3, -0.25) is 9.59 Å². The van der Waals surface area contributed by atoms with Crippen molar-refractivity contribution in [1.82, 2.24) is 20.2 Å². The minimum absolute atomic E-state index is 0.0177. The van der Waals surface area contributed by atoms with Gasteiger partial charge >= 0.3 is 0 Å². The lowest BCUT2D eigenvalue weighted by Gasteiger charge is -2.29. The minimum atomic E-state index is 0.0177. The Labute approximate surface area is 154 Å². The third-order valence-electron chi connectivity index (χ3n) is 4.84. The number of hydrogen-bond donors (Lipinski definition) is 2. The smallest absolute Gasteiger partial charge is 0.226 e. The fraction of sp³-hybridized carbons (Fsp3) is 0.450. The lowest BCUT2D eigenvalue weighted by Crippen LogP contribution is -2.43. The number of aromatic nitrogens is 2. The molecule has 1 saturated carbocycles. The second-order valence-electron chi connectivity index (χ2n) is 6.99. The van der Waals surface area contributed by atoms with Crippen molar-refractivity contribution in [2.24, 2.45) is 0 Å². The summed E-state index contributed by atoms with van der Waals surface area (Å²) in [6.07, 6.45) is 7.50. The molecule has 3 rings (SSSR count). The van der Waals surface area contributed by atoms with Gasteiger partial charge in [0, 0.05) is 37.4 Å². The van der Waals surface area contributed by atoms with Crippen LogP contribution in [0.15, 0.2) is 42.9 Å². The molecule has 2 amide bonds. The van der Waals surface area contributed by atoms with E-state index < -0.39 is 0 Å². The number of hydrogen-bond acceptors (Lipinski definition) is 3. The van der Waals surface area contributed by atoms with Crippen LogP contribution < -0.4 is 10.6 Å². The summed E-state index contributed by atoms with van der Waals surface area (Å²) in [7, 11) is 0. The number of carbonyl (C=O) groups excluding carboxylic acids is 2. The van der Waals surface area contributed by atoms with E-state index in [4.69, 9.17) is 0 Å². The summed E-state index contributed by atoms with van der Waals surface area (Å²) >= 11 is 0. The minimum Gasteiger partial charge on any atom is -0.354 e. The van der Waals surface area contributed by atoms with Gasteiger partial charge in [0.2, 0.25) is 11.8 Å². The second-order valence-corrected chi connectivity index (χ2v) is 6.99. The molecule has 138 valence electrons. The average molecular weight is 354 g/mol. The predicted molar refractivity (Wildman–Crippen MR) is 99.5 cm³/mol. The van der Waals surface area contributed by atoms with E-state index in [-0.39, 0.29) is 23.9 Å². The van der Waals surface area contributed by atoms with Crippen LogP contribution in [0.25, 0.3) is 0 Å². The number of imidazole rings is 1. The van der Waals surface area contributed by atoms with E-state index in [0.717, 1.165) is 31.4 Å². The third kappa shape index (κ3) is 5.18. The monoisotopic (exact) mass is 354 g/mol. The van der Waals surface area contributed by atoms with Crippen LogP contribution in [0.2, 0.25) is 0 Å². The summed E-state index contributed by atoms with van der Waals surface area (Å²) in [6, 6.07) is 10.6. The molecule has 1 heterocycles. The third-order valence-corrected chi connectivity index (χ3v) is 4.84. The van der Waals surface area contributed by atoms with E-state index in [1.165, 1.54) is 5.56 Å². The first-order valence-electron chi connectivity index (χ1n) is 9.19. The second kappa shape index (κ2) is 8.65. The van der Waals surface area contributed by atoms with Crippen LogP contribution in [-0.4, -0.2) is 33.4 Å². The molecule has 2 aromatic rings. The number of nitrogens with one attached hydrogen (secondary N) is 2. The zero-order valence-corrected chi connectivity index (χ0v) is 15.1. The van der Waals surface area contributed by atoms with Crippen LogP contribution >= 0.6 is 0 Å². The van der Waals surface area contributed by atoms with Crippen LogP contribution in [0.3, 0.4) is 0 Å². The maximum absolute atomic E-state index is 12.4. The molecule has 0 atom stereocenters. The fourth-order valence-electron chi connectivity index (χ4n) is 3.53. The Morgan fingerprint density at radius 2 is 1.73 bits per heavy atom. The van der Waals surface area contributed by atoms with Crippen LogP contribution in [0.1, 0.15) is 43.9 Å². The summed E-state index contributed by atoms with van der Waals surface area (Å²) < 4.78 is 2.02. The molecule has 0 spiro atoms. The van der Waals surface area contributed by atoms with E-state index in [1.807, 2.05) is 22.8 Å². The number of rotatable bonds is 6. The van der Waals surface area contributed by atoms with Gasteiger partial charge in [0.05, 0.1) is 12.7 Å². The number of carbonyl (C=O) groups is 2. The van der Waals surface area contributed by atoms with Crippen molar-refractivity contribution in [3.63, 3.8) is 0 Å². The van der Waals surface area contributed by atoms with Crippen molar-refractivity contribution >= 4 is 11.8 Å². The Kier molecular flexibility index (Phi) is 6.04. The quantitative estimate of drug-likeness (QED) is 0.833. The zero-order valence-electron chi connectivity index (χ0n) is 15.1. The molecule has 6 nitrogen and oxygen atoms in total. The van der Waals surface area contributed by atoms with Gasteiger partial charge in [0.25, 0.3) is 0 Å². The van der Waals surface area contributed by atoms with Crippen LogP contribution in [0.4, 0.5) is 0 Å². The molecule has 0 radical (unpaired) electrons. The summed E-state index contributed by atoms with van der Waals surface area (Å²) in [5.41, 5.74) is 2.10. The van der Waals surface area contributed by atoms with Gasteiger partial charge in [-0.15, -0.1) is 0 Å². The molecule has 1 aromatic heterocycles. The molecule has 2 N–H and O–H groups in total. The van der Waals surface area contributed by atoms with Crippen LogP contribution in [0, 0.1) is 0 Å². The van der Waals surface area contributed by atoms with Gasteiger partial charge in [-0.25, -0.2) is 4.98 Å². The normalized spacial score (nSPS) is 19.7. The van der Waals surface area contributed by atoms with Crippen molar-refractivity contribution in [3.8, 4) is 0 Å². The Morgan fingerprint density at radius 3 is 2.38 bits per heavy atom. The molecule has 6 heteroatoms. The van der Waals surface area contributed by atoms with Gasteiger partial charge in [0.1, 0.15) is 0 Å². The summed E-state index contributed by atoms with van der Waals surface area (Å²) in [6.45, 7) is 2.26. The molecular weight excluding hydrogens is 328 g/mol. The van der Waals surface area contributed by atoms with Gasteiger partial charge in [-0.1, -0.05) is 30.3 Å². The molecule has 1 aromatic carbocycles. The standard InChI is InChI=1S/C20H26N4O2/c1-15(25)22-17-7-9-18(10-8-17)23-20(26)11-19-12-21-14-24(19)13-16-5-3-2-4-6-16/h2-6,12,14,17-18H,7-11,13H2,1H3,(H,22,25)(H,23,26). The zero-order chi connectivity index (χ0) is 18.4. The maximum Gasteiger partial charge on any atom is 0.226 e. The first-order chi connectivity index (χ1) is 12.6. The first-order valence-corrected chi connectivity index (χ1v) is 9.19. The number of amides is 2. The Morgan fingerprint density at radius 1 is 1.08 bits per heavy atom. The molecule has 0 unspecified atom stereocenters. The molecule has 26 heavy (non-hydrogen) atoms. The van der Waals surface area contributed by atoms with Gasteiger partial charge in [-0.2, -0.15) is 0 Å². The van der Waals surface area contributed by atoms with E-state index in [9.17, 15) is 9.59 Å². The molecule has 0 bridgehead atoms. The Balaban J connectivity index is 1.49. The molecule has 1 aliphatic carbocycles. The lowest BCUT2D eigenvalue weighted by atomic mass is 9.91. The Hall–Kier alpha value is -2.63. The average Bonchev–Trinajstić information content (AvgIpc) is 3.04. The first kappa shape index (κ1) is 18.2. The Bertz CT molecular complexity index is 733. The van der Waals surface area contributed by atoms with Crippen molar-refractivity contribution in [2.75, 3.05) is 0 Å². The van der Waals surface area contributed by atoms with Crippen LogP contribution in [0.5, 0.6) is 0 Å². The lowest BCUT2D eigenvalue weighted by molar-refractivity contribution is -0.122. The van der Waals surface area contributed by atoms with E-state index in [2.05, 4.69) is 27.8 Å². The van der Waals surface area contributed by atoms with Gasteiger partial charge in [-0.05, 0) is 31.2 Å². The topological polar surface area (TPSA) is 76.0 Å². The molecule has 1 aliphatic rings. The van der Waals surface area contributed by atoms with E-state index in [0.29, 0.717) is 13.0 Å². The highest BCUT2D eigenvalue weighted by molar-refractivity contribution is 5.78. The van der Waals surface area contributed by atoms with E-state index >= 15 is 0 Å². The molecular formula is C20H26N4O2. The number of benzene rings is 1. The summed E-state index contributed by atoms with van der Waals surface area (Å²) in [4.78, 5) is 27.7. The maximum atomic E-state index is 12.4. The highest BCUT2D eigenvalue weighted by Gasteiger charge is 2.23. The SMILES string of the molecule is CC(=O)NC1CCC(NC(=O)Cc2cncn2Cc2ccccc2)CC1.